The summed E-state index contributed by atoms with van der Waals surface area (Å²) in [6.45, 7) is 8.97. The molecule has 2 unspecified atom stereocenters. The molecule has 0 spiro atoms. The first kappa shape index (κ1) is 13.5. The van der Waals surface area contributed by atoms with Gasteiger partial charge >= 0.3 is 0 Å². The van der Waals surface area contributed by atoms with E-state index in [1.54, 1.807) is 0 Å². The van der Waals surface area contributed by atoms with Crippen LogP contribution in [-0.4, -0.2) is 6.04 Å². The monoisotopic (exact) mass is 245 g/mol. The quantitative estimate of drug-likeness (QED) is 0.791. The summed E-state index contributed by atoms with van der Waals surface area (Å²) in [5.41, 5.74) is 5.54. The summed E-state index contributed by atoms with van der Waals surface area (Å²) in [5, 5.41) is 3.85. The van der Waals surface area contributed by atoms with Crippen LogP contribution in [0.3, 0.4) is 0 Å². The summed E-state index contributed by atoms with van der Waals surface area (Å²) in [6, 6.07) is 5.27. The first-order valence-corrected chi connectivity index (χ1v) is 7.46. The largest absolute Gasteiger partial charge is 0.382 e. The van der Waals surface area contributed by atoms with Gasteiger partial charge in [-0.05, 0) is 50.7 Å². The van der Waals surface area contributed by atoms with Crippen LogP contribution in [0, 0.1) is 26.7 Å². The Kier molecular flexibility index (Phi) is 4.31. The molecule has 1 N–H and O–H groups in total. The zero-order chi connectivity index (χ0) is 13.1. The fourth-order valence-corrected chi connectivity index (χ4v) is 3.48. The van der Waals surface area contributed by atoms with Gasteiger partial charge in [-0.3, -0.25) is 0 Å². The van der Waals surface area contributed by atoms with Crippen LogP contribution in [0.2, 0.25) is 0 Å². The third kappa shape index (κ3) is 2.88. The van der Waals surface area contributed by atoms with E-state index in [1.807, 2.05) is 0 Å². The van der Waals surface area contributed by atoms with Crippen LogP contribution in [-0.2, 0) is 0 Å². The summed E-state index contributed by atoms with van der Waals surface area (Å²) in [5.74, 6) is 0.860. The van der Waals surface area contributed by atoms with Crippen molar-refractivity contribution in [2.75, 3.05) is 5.32 Å². The maximum Gasteiger partial charge on any atom is 0.0402 e. The topological polar surface area (TPSA) is 12.0 Å². The van der Waals surface area contributed by atoms with Gasteiger partial charge in [0.15, 0.2) is 0 Å². The molecule has 2 atom stereocenters. The Hall–Kier alpha value is -0.980. The third-order valence-corrected chi connectivity index (χ3v) is 4.44. The second-order valence-corrected chi connectivity index (χ2v) is 5.98. The Morgan fingerprint density at radius 3 is 2.28 bits per heavy atom. The minimum absolute atomic E-state index is 0.684. The van der Waals surface area contributed by atoms with Crippen LogP contribution in [0.25, 0.3) is 0 Å². The van der Waals surface area contributed by atoms with Crippen molar-refractivity contribution in [3.05, 3.63) is 28.8 Å². The number of rotatable bonds is 3. The Bertz CT molecular complexity index is 385. The molecule has 0 heterocycles. The van der Waals surface area contributed by atoms with E-state index >= 15 is 0 Å². The molecule has 0 saturated heterocycles. The number of nitrogens with one attached hydrogen (secondary N) is 1. The van der Waals surface area contributed by atoms with Gasteiger partial charge in [0.05, 0.1) is 0 Å². The highest BCUT2D eigenvalue weighted by Crippen LogP contribution is 2.31. The van der Waals surface area contributed by atoms with Crippen molar-refractivity contribution in [2.24, 2.45) is 5.92 Å². The number of benzene rings is 1. The molecule has 100 valence electrons. The minimum atomic E-state index is 0.684. The maximum absolute atomic E-state index is 3.85. The molecule has 1 aromatic rings. The lowest BCUT2D eigenvalue weighted by atomic mass is 9.82. The molecule has 2 rings (SSSR count). The highest BCUT2D eigenvalue weighted by atomic mass is 14.9. The predicted molar refractivity (Wildman–Crippen MR) is 80.3 cm³/mol. The Balaban J connectivity index is 2.17. The van der Waals surface area contributed by atoms with Gasteiger partial charge in [0.1, 0.15) is 0 Å². The lowest BCUT2D eigenvalue weighted by molar-refractivity contribution is 0.317. The van der Waals surface area contributed by atoms with Crippen LogP contribution in [0.4, 0.5) is 5.69 Å². The minimum Gasteiger partial charge on any atom is -0.382 e. The molecule has 1 aliphatic rings. The lowest BCUT2D eigenvalue weighted by Gasteiger charge is -2.33. The van der Waals surface area contributed by atoms with Gasteiger partial charge in [0, 0.05) is 11.7 Å². The summed E-state index contributed by atoms with van der Waals surface area (Å²) in [6.07, 6.45) is 6.85. The van der Waals surface area contributed by atoms with E-state index in [-0.39, 0.29) is 0 Å². The third-order valence-electron chi connectivity index (χ3n) is 4.44. The molecule has 0 aromatic heterocycles. The van der Waals surface area contributed by atoms with E-state index in [9.17, 15) is 0 Å². The molecule has 0 radical (unpaired) electrons. The van der Waals surface area contributed by atoms with E-state index in [4.69, 9.17) is 0 Å². The Morgan fingerprint density at radius 2 is 1.67 bits per heavy atom. The van der Waals surface area contributed by atoms with Gasteiger partial charge in [-0.1, -0.05) is 43.9 Å². The molecule has 1 aromatic carbocycles. The van der Waals surface area contributed by atoms with Crippen LogP contribution < -0.4 is 5.32 Å². The van der Waals surface area contributed by atoms with Gasteiger partial charge in [-0.15, -0.1) is 0 Å². The molecule has 1 aliphatic carbocycles. The zero-order valence-electron chi connectivity index (χ0n) is 12.3. The fraction of sp³-hybridized carbons (Fsp3) is 0.647. The maximum atomic E-state index is 3.85. The van der Waals surface area contributed by atoms with Crippen molar-refractivity contribution in [2.45, 2.75) is 65.8 Å². The van der Waals surface area contributed by atoms with Crippen molar-refractivity contribution in [3.63, 3.8) is 0 Å². The van der Waals surface area contributed by atoms with Gasteiger partial charge in [0.25, 0.3) is 0 Å². The van der Waals surface area contributed by atoms with E-state index in [0.717, 1.165) is 5.92 Å². The zero-order valence-corrected chi connectivity index (χ0v) is 12.3. The molecular formula is C17H27N. The van der Waals surface area contributed by atoms with Crippen LogP contribution in [0.5, 0.6) is 0 Å². The first-order valence-electron chi connectivity index (χ1n) is 7.46. The number of anilines is 1. The Labute approximate surface area is 112 Å². The summed E-state index contributed by atoms with van der Waals surface area (Å²) < 4.78 is 0. The van der Waals surface area contributed by atoms with Crippen LogP contribution >= 0.6 is 0 Å². The molecule has 0 amide bonds. The second kappa shape index (κ2) is 5.77. The molecule has 1 saturated carbocycles. The number of hydrogen-bond donors (Lipinski definition) is 1. The van der Waals surface area contributed by atoms with Gasteiger partial charge < -0.3 is 5.32 Å². The predicted octanol–water partition coefficient (Wildman–Crippen LogP) is 4.99. The second-order valence-electron chi connectivity index (χ2n) is 5.98. The van der Waals surface area contributed by atoms with Crippen molar-refractivity contribution in [1.82, 2.24) is 0 Å². The van der Waals surface area contributed by atoms with E-state index in [2.05, 4.69) is 45.1 Å². The van der Waals surface area contributed by atoms with Gasteiger partial charge in [-0.25, -0.2) is 0 Å². The van der Waals surface area contributed by atoms with Crippen molar-refractivity contribution in [3.8, 4) is 0 Å². The molecular weight excluding hydrogens is 218 g/mol. The standard InChI is InChI=1S/C17H27N/c1-5-15-8-6-7-9-16(15)18-17-13(3)10-12(2)11-14(17)4/h10-11,15-16,18H,5-9H2,1-4H3. The molecule has 18 heavy (non-hydrogen) atoms. The Morgan fingerprint density at radius 1 is 1.06 bits per heavy atom. The first-order chi connectivity index (χ1) is 8.61. The number of aryl methyl sites for hydroxylation is 3. The van der Waals surface area contributed by atoms with Gasteiger partial charge in [0.2, 0.25) is 0 Å². The van der Waals surface area contributed by atoms with Gasteiger partial charge in [-0.2, -0.15) is 0 Å². The van der Waals surface area contributed by atoms with E-state index < -0.39 is 0 Å². The summed E-state index contributed by atoms with van der Waals surface area (Å²) in [4.78, 5) is 0. The highest BCUT2D eigenvalue weighted by molar-refractivity contribution is 5.58. The van der Waals surface area contributed by atoms with Crippen molar-refractivity contribution >= 4 is 5.69 Å². The van der Waals surface area contributed by atoms with Crippen molar-refractivity contribution in [1.29, 1.82) is 0 Å². The molecule has 1 heteroatoms. The average Bonchev–Trinajstić information content (AvgIpc) is 2.34. The molecule has 0 aliphatic heterocycles. The molecule has 0 bridgehead atoms. The van der Waals surface area contributed by atoms with E-state index in [1.165, 1.54) is 54.5 Å². The number of hydrogen-bond acceptors (Lipinski definition) is 1. The molecule has 1 fully saturated rings. The smallest absolute Gasteiger partial charge is 0.0402 e. The average molecular weight is 245 g/mol. The van der Waals surface area contributed by atoms with E-state index in [0.29, 0.717) is 6.04 Å². The fourth-order valence-electron chi connectivity index (χ4n) is 3.48. The SMILES string of the molecule is CCC1CCCCC1Nc1c(C)cc(C)cc1C. The summed E-state index contributed by atoms with van der Waals surface area (Å²) >= 11 is 0. The normalized spacial score (nSPS) is 24.0. The summed E-state index contributed by atoms with van der Waals surface area (Å²) in [7, 11) is 0. The van der Waals surface area contributed by atoms with Crippen LogP contribution in [0.1, 0.15) is 55.7 Å². The lowest BCUT2D eigenvalue weighted by Crippen LogP contribution is -2.32. The molecule has 1 nitrogen and oxygen atoms in total. The highest BCUT2D eigenvalue weighted by Gasteiger charge is 2.24. The van der Waals surface area contributed by atoms with Crippen LogP contribution in [0.15, 0.2) is 12.1 Å². The van der Waals surface area contributed by atoms with Crippen molar-refractivity contribution < 1.29 is 0 Å².